The van der Waals surface area contributed by atoms with E-state index >= 15 is 0 Å². The van der Waals surface area contributed by atoms with Gasteiger partial charge in [-0.2, -0.15) is 0 Å². The molecule has 0 spiro atoms. The van der Waals surface area contributed by atoms with Crippen LogP contribution < -0.4 is 22.1 Å². The molecule has 0 atom stereocenters. The van der Waals surface area contributed by atoms with Crippen LogP contribution in [0.25, 0.3) is 0 Å². The largest absolute Gasteiger partial charge is 0.399 e. The highest BCUT2D eigenvalue weighted by Gasteiger charge is 2.10. The number of nitro groups is 1. The fraction of sp³-hybridized carbons (Fsp3) is 0.368. The molecule has 7 N–H and O–H groups in total. The van der Waals surface area contributed by atoms with Gasteiger partial charge in [0.25, 0.3) is 5.69 Å². The fourth-order valence-corrected chi connectivity index (χ4v) is 2.89. The zero-order valence-electron chi connectivity index (χ0n) is 16.2. The summed E-state index contributed by atoms with van der Waals surface area (Å²) < 4.78 is 0.439. The average Bonchev–Trinajstić information content (AvgIpc) is 2.65. The van der Waals surface area contributed by atoms with Crippen molar-refractivity contribution in [3.05, 3.63) is 50.5 Å². The number of hydrogen-bond donors (Lipinski definition) is 4. The average molecular weight is 454 g/mol. The second kappa shape index (κ2) is 11.4. The number of anilines is 4. The van der Waals surface area contributed by atoms with Crippen LogP contribution in [0.5, 0.6) is 0 Å². The van der Waals surface area contributed by atoms with Gasteiger partial charge in [0.05, 0.1) is 22.9 Å². The van der Waals surface area contributed by atoms with Crippen LogP contribution >= 0.6 is 15.9 Å². The van der Waals surface area contributed by atoms with Gasteiger partial charge in [-0.3, -0.25) is 10.1 Å². The molecular weight excluding hydrogens is 426 g/mol. The number of hydrogen-bond acceptors (Lipinski definition) is 7. The summed E-state index contributed by atoms with van der Waals surface area (Å²) in [5.74, 6) is 0. The highest BCUT2D eigenvalue weighted by molar-refractivity contribution is 9.10. The third-order valence-corrected chi connectivity index (χ3v) is 4.78. The van der Waals surface area contributed by atoms with E-state index in [2.05, 4.69) is 33.8 Å². The third kappa shape index (κ3) is 6.90. The minimum Gasteiger partial charge on any atom is -0.399 e. The molecule has 2 aromatic carbocycles. The van der Waals surface area contributed by atoms with Gasteiger partial charge in [0.15, 0.2) is 0 Å². The van der Waals surface area contributed by atoms with Crippen molar-refractivity contribution in [2.75, 3.05) is 41.8 Å². The molecule has 0 heterocycles. The molecule has 0 radical (unpaired) electrons. The Morgan fingerprint density at radius 2 is 1.82 bits per heavy atom. The van der Waals surface area contributed by atoms with Gasteiger partial charge in [-0.15, -0.1) is 0 Å². The van der Waals surface area contributed by atoms with Gasteiger partial charge in [0, 0.05) is 41.1 Å². The first-order chi connectivity index (χ1) is 13.2. The van der Waals surface area contributed by atoms with E-state index < -0.39 is 4.92 Å². The molecule has 0 aliphatic carbocycles. The summed E-state index contributed by atoms with van der Waals surface area (Å²) in [5.41, 5.74) is 20.2. The normalized spacial score (nSPS) is 10.1. The van der Waals surface area contributed by atoms with Gasteiger partial charge in [-0.25, -0.2) is 0 Å². The number of nitrogens with zero attached hydrogens (tertiary/aromatic N) is 2. The topological polar surface area (TPSA) is 145 Å². The zero-order chi connectivity index (χ0) is 21.3. The minimum absolute atomic E-state index is 0.0754. The molecular formula is C19H28BrN5O3. The molecule has 0 bridgehead atoms. The number of nitrogens with two attached hydrogens (primary N) is 3. The van der Waals surface area contributed by atoms with Crippen molar-refractivity contribution in [3.63, 3.8) is 0 Å². The molecule has 0 unspecified atom stereocenters. The lowest BCUT2D eigenvalue weighted by molar-refractivity contribution is -0.384. The lowest BCUT2D eigenvalue weighted by Gasteiger charge is -2.24. The van der Waals surface area contributed by atoms with E-state index in [9.17, 15) is 10.1 Å². The van der Waals surface area contributed by atoms with Gasteiger partial charge < -0.3 is 27.2 Å². The maximum Gasteiger partial charge on any atom is 0.272 e. The molecule has 0 aliphatic heterocycles. The van der Waals surface area contributed by atoms with Gasteiger partial charge in [-0.1, -0.05) is 13.3 Å². The van der Waals surface area contributed by atoms with E-state index in [-0.39, 0.29) is 18.0 Å². The number of nitro benzene ring substituents is 1. The smallest absolute Gasteiger partial charge is 0.272 e. The van der Waals surface area contributed by atoms with E-state index in [1.54, 1.807) is 0 Å². The zero-order valence-corrected chi connectivity index (χ0v) is 17.8. The monoisotopic (exact) mass is 453 g/mol. The maximum atomic E-state index is 10.3. The number of aliphatic hydroxyl groups is 1. The molecule has 9 heteroatoms. The summed E-state index contributed by atoms with van der Waals surface area (Å²) in [5, 5.41) is 19.4. The van der Waals surface area contributed by atoms with Crippen molar-refractivity contribution in [1.29, 1.82) is 0 Å². The number of halogens is 1. The Morgan fingerprint density at radius 1 is 1.14 bits per heavy atom. The molecule has 28 heavy (non-hydrogen) atoms. The Balaban J connectivity index is 0.000000292. The Bertz CT molecular complexity index is 778. The van der Waals surface area contributed by atoms with Gasteiger partial charge in [0.2, 0.25) is 0 Å². The van der Waals surface area contributed by atoms with Crippen LogP contribution in [0.2, 0.25) is 0 Å². The van der Waals surface area contributed by atoms with Crippen molar-refractivity contribution in [3.8, 4) is 0 Å². The second-order valence-electron chi connectivity index (χ2n) is 6.29. The van der Waals surface area contributed by atoms with Crippen LogP contribution in [-0.4, -0.2) is 29.7 Å². The number of aryl methyl sites for hydroxylation is 1. The lowest BCUT2D eigenvalue weighted by atomic mass is 10.1. The molecule has 0 amide bonds. The quantitative estimate of drug-likeness (QED) is 0.284. The molecule has 0 fully saturated rings. The highest BCUT2D eigenvalue weighted by Crippen LogP contribution is 2.30. The van der Waals surface area contributed by atoms with E-state index in [0.29, 0.717) is 16.7 Å². The molecule has 2 aromatic rings. The first-order valence-corrected chi connectivity index (χ1v) is 9.71. The Morgan fingerprint density at radius 3 is 2.32 bits per heavy atom. The van der Waals surface area contributed by atoms with E-state index in [0.717, 1.165) is 36.3 Å². The van der Waals surface area contributed by atoms with Crippen molar-refractivity contribution in [2.45, 2.75) is 26.7 Å². The van der Waals surface area contributed by atoms with Gasteiger partial charge in [-0.05, 0) is 53.0 Å². The predicted octanol–water partition coefficient (Wildman–Crippen LogP) is 3.70. The minimum atomic E-state index is -0.527. The Labute approximate surface area is 173 Å². The summed E-state index contributed by atoms with van der Waals surface area (Å²) >= 11 is 3.06. The SMILES string of the molecule is CCCCN(CCO)c1ccc(N)c(C)c1.Nc1cc([N+](=O)[O-])cc(Br)c1N. The maximum absolute atomic E-state index is 10.3. The van der Waals surface area contributed by atoms with Crippen molar-refractivity contribution < 1.29 is 10.0 Å². The van der Waals surface area contributed by atoms with Crippen LogP contribution in [0.3, 0.4) is 0 Å². The first-order valence-electron chi connectivity index (χ1n) is 8.92. The summed E-state index contributed by atoms with van der Waals surface area (Å²) in [6.45, 7) is 6.04. The number of nitrogen functional groups attached to an aromatic ring is 3. The molecule has 2 rings (SSSR count). The fourth-order valence-electron chi connectivity index (χ4n) is 2.43. The van der Waals surface area contributed by atoms with Crippen LogP contribution in [0.4, 0.5) is 28.4 Å². The number of benzene rings is 2. The highest BCUT2D eigenvalue weighted by atomic mass is 79.9. The van der Waals surface area contributed by atoms with E-state index in [1.165, 1.54) is 12.1 Å². The molecule has 8 nitrogen and oxygen atoms in total. The van der Waals surface area contributed by atoms with Crippen LogP contribution in [0.1, 0.15) is 25.3 Å². The first kappa shape index (κ1) is 23.5. The summed E-state index contributed by atoms with van der Waals surface area (Å²) in [4.78, 5) is 12.0. The Hall–Kier alpha value is -2.52. The van der Waals surface area contributed by atoms with Crippen LogP contribution in [0.15, 0.2) is 34.8 Å². The van der Waals surface area contributed by atoms with E-state index in [1.807, 2.05) is 19.1 Å². The van der Waals surface area contributed by atoms with Crippen molar-refractivity contribution in [1.82, 2.24) is 0 Å². The van der Waals surface area contributed by atoms with E-state index in [4.69, 9.17) is 22.3 Å². The third-order valence-electron chi connectivity index (χ3n) is 4.13. The Kier molecular flexibility index (Phi) is 9.54. The molecule has 154 valence electrons. The summed E-state index contributed by atoms with van der Waals surface area (Å²) in [6.07, 6.45) is 2.30. The number of unbranched alkanes of at least 4 members (excludes halogenated alkanes) is 1. The summed E-state index contributed by atoms with van der Waals surface area (Å²) in [7, 11) is 0. The number of non-ortho nitro benzene ring substituents is 1. The molecule has 0 saturated carbocycles. The number of aliphatic hydroxyl groups excluding tert-OH is 1. The van der Waals surface area contributed by atoms with Crippen LogP contribution in [0, 0.1) is 17.0 Å². The number of rotatable bonds is 7. The van der Waals surface area contributed by atoms with Gasteiger partial charge in [0.1, 0.15) is 0 Å². The van der Waals surface area contributed by atoms with Crippen molar-refractivity contribution >= 4 is 44.4 Å². The summed E-state index contributed by atoms with van der Waals surface area (Å²) in [6, 6.07) is 8.57. The van der Waals surface area contributed by atoms with Crippen LogP contribution in [-0.2, 0) is 0 Å². The molecule has 0 aromatic heterocycles. The van der Waals surface area contributed by atoms with Gasteiger partial charge >= 0.3 is 0 Å². The predicted molar refractivity (Wildman–Crippen MR) is 119 cm³/mol. The molecule has 0 saturated heterocycles. The lowest BCUT2D eigenvalue weighted by Crippen LogP contribution is -2.27. The molecule has 0 aliphatic rings. The second-order valence-corrected chi connectivity index (χ2v) is 7.15. The standard InChI is InChI=1S/C13H22N2O.C6H6BrN3O2/c1-3-4-7-15(8-9-16)12-5-6-13(14)11(2)10-12;7-4-1-3(10(11)12)2-5(8)6(4)9/h5-6,10,16H,3-4,7-9,14H2,1-2H3;1-2H,8-9H2. The van der Waals surface area contributed by atoms with Crippen molar-refractivity contribution in [2.24, 2.45) is 0 Å².